The normalized spacial score (nSPS) is 10.4. The number of thiophene rings is 1. The van der Waals surface area contributed by atoms with Crippen molar-refractivity contribution in [3.8, 4) is 0 Å². The summed E-state index contributed by atoms with van der Waals surface area (Å²) in [5.74, 6) is 0. The van der Waals surface area contributed by atoms with E-state index in [0.29, 0.717) is 0 Å². The zero-order valence-corrected chi connectivity index (χ0v) is 10.9. The average Bonchev–Trinajstić information content (AvgIpc) is 2.76. The van der Waals surface area contributed by atoms with Gasteiger partial charge in [0.25, 0.3) is 0 Å². The first-order valence-electron chi connectivity index (χ1n) is 5.75. The van der Waals surface area contributed by atoms with Gasteiger partial charge in [-0.05, 0) is 30.2 Å². The van der Waals surface area contributed by atoms with Crippen LogP contribution in [0, 0.1) is 6.92 Å². The number of rotatable bonds is 5. The van der Waals surface area contributed by atoms with Crippen LogP contribution in [0.25, 0.3) is 5.57 Å². The number of benzene rings is 1. The lowest BCUT2D eigenvalue weighted by atomic mass is 10.1. The Kier molecular flexibility index (Phi) is 4.13. The summed E-state index contributed by atoms with van der Waals surface area (Å²) >= 11 is 1.84. The van der Waals surface area contributed by atoms with Crippen molar-refractivity contribution in [1.29, 1.82) is 0 Å². The molecule has 0 saturated carbocycles. The molecule has 88 valence electrons. The van der Waals surface area contributed by atoms with Gasteiger partial charge in [0.15, 0.2) is 0 Å². The molecule has 0 aliphatic heterocycles. The monoisotopic (exact) mass is 243 g/mol. The summed E-state index contributed by atoms with van der Waals surface area (Å²) in [5, 5.41) is 3.42. The van der Waals surface area contributed by atoms with Crippen LogP contribution in [0.5, 0.6) is 0 Å². The van der Waals surface area contributed by atoms with Crippen LogP contribution in [0.4, 0.5) is 0 Å². The molecule has 0 saturated heterocycles. The molecule has 1 N–H and O–H groups in total. The van der Waals surface area contributed by atoms with Crippen molar-refractivity contribution in [2.45, 2.75) is 13.5 Å². The van der Waals surface area contributed by atoms with E-state index in [1.165, 1.54) is 15.3 Å². The van der Waals surface area contributed by atoms with Gasteiger partial charge in [-0.2, -0.15) is 0 Å². The maximum atomic E-state index is 4.10. The fourth-order valence-corrected chi connectivity index (χ4v) is 2.55. The molecule has 0 amide bonds. The van der Waals surface area contributed by atoms with Crippen LogP contribution >= 0.6 is 11.3 Å². The smallest absolute Gasteiger partial charge is 0.0303 e. The molecule has 1 nitrogen and oxygen atoms in total. The summed E-state index contributed by atoms with van der Waals surface area (Å²) in [5.41, 5.74) is 2.35. The van der Waals surface area contributed by atoms with Gasteiger partial charge in [-0.25, -0.2) is 0 Å². The first-order valence-corrected chi connectivity index (χ1v) is 6.56. The minimum absolute atomic E-state index is 0.834. The Hall–Kier alpha value is -1.38. The Balaban J connectivity index is 1.81. The van der Waals surface area contributed by atoms with Gasteiger partial charge in [-0.15, -0.1) is 11.3 Å². The van der Waals surface area contributed by atoms with Gasteiger partial charge in [0.1, 0.15) is 0 Å². The van der Waals surface area contributed by atoms with Crippen LogP contribution in [0.2, 0.25) is 0 Å². The van der Waals surface area contributed by atoms with Crippen molar-refractivity contribution in [3.63, 3.8) is 0 Å². The summed E-state index contributed by atoms with van der Waals surface area (Å²) < 4.78 is 0. The Morgan fingerprint density at radius 3 is 2.59 bits per heavy atom. The van der Waals surface area contributed by atoms with E-state index in [0.717, 1.165) is 18.7 Å². The molecule has 17 heavy (non-hydrogen) atoms. The fraction of sp³-hybridized carbons (Fsp3) is 0.200. The lowest BCUT2D eigenvalue weighted by Gasteiger charge is -2.06. The first kappa shape index (κ1) is 12.1. The topological polar surface area (TPSA) is 12.0 Å². The summed E-state index contributed by atoms with van der Waals surface area (Å²) in [7, 11) is 0. The lowest BCUT2D eigenvalue weighted by Crippen LogP contribution is -2.14. The summed E-state index contributed by atoms with van der Waals surface area (Å²) in [6.07, 6.45) is 0. The Labute approximate surface area is 107 Å². The third-order valence-electron chi connectivity index (χ3n) is 2.62. The zero-order chi connectivity index (χ0) is 12.1. The third kappa shape index (κ3) is 3.55. The van der Waals surface area contributed by atoms with Crippen molar-refractivity contribution in [2.75, 3.05) is 6.54 Å². The highest BCUT2D eigenvalue weighted by Crippen LogP contribution is 2.15. The van der Waals surface area contributed by atoms with Gasteiger partial charge in [0, 0.05) is 22.8 Å². The van der Waals surface area contributed by atoms with E-state index in [1.807, 2.05) is 29.5 Å². The van der Waals surface area contributed by atoms with Crippen molar-refractivity contribution >= 4 is 16.9 Å². The van der Waals surface area contributed by atoms with Crippen molar-refractivity contribution in [1.82, 2.24) is 5.32 Å². The molecule has 2 heteroatoms. The first-order chi connectivity index (χ1) is 8.25. The third-order valence-corrected chi connectivity index (χ3v) is 3.62. The van der Waals surface area contributed by atoms with E-state index in [-0.39, 0.29) is 0 Å². The summed E-state index contributed by atoms with van der Waals surface area (Å²) in [4.78, 5) is 2.74. The molecule has 0 bridgehead atoms. The molecule has 2 rings (SSSR count). The Morgan fingerprint density at radius 1 is 1.18 bits per heavy atom. The van der Waals surface area contributed by atoms with Gasteiger partial charge >= 0.3 is 0 Å². The van der Waals surface area contributed by atoms with E-state index in [2.05, 4.69) is 43.1 Å². The standard InChI is InChI=1S/C15H17NS/c1-12(14-6-4-3-5-7-14)10-16-11-15-9-8-13(2)17-15/h3-9,16H,1,10-11H2,2H3. The number of nitrogens with one attached hydrogen (secondary N) is 1. The van der Waals surface area contributed by atoms with E-state index in [1.54, 1.807) is 0 Å². The second-order valence-electron chi connectivity index (χ2n) is 4.09. The highest BCUT2D eigenvalue weighted by atomic mass is 32.1. The van der Waals surface area contributed by atoms with Crippen molar-refractivity contribution in [2.24, 2.45) is 0 Å². The maximum absolute atomic E-state index is 4.10. The van der Waals surface area contributed by atoms with Crippen LogP contribution in [-0.2, 0) is 6.54 Å². The molecular formula is C15H17NS. The molecule has 1 aromatic heterocycles. The van der Waals surface area contributed by atoms with Crippen molar-refractivity contribution < 1.29 is 0 Å². The molecule has 2 aromatic rings. The van der Waals surface area contributed by atoms with Crippen LogP contribution < -0.4 is 5.32 Å². The highest BCUT2D eigenvalue weighted by Gasteiger charge is 1.99. The summed E-state index contributed by atoms with van der Waals surface area (Å²) in [6, 6.07) is 14.6. The maximum Gasteiger partial charge on any atom is 0.0303 e. The molecule has 1 aromatic carbocycles. The van der Waals surface area contributed by atoms with Crippen LogP contribution in [0.15, 0.2) is 49.0 Å². The highest BCUT2D eigenvalue weighted by molar-refractivity contribution is 7.11. The van der Waals surface area contributed by atoms with Crippen molar-refractivity contribution in [3.05, 3.63) is 64.4 Å². The number of hydrogen-bond acceptors (Lipinski definition) is 2. The summed E-state index contributed by atoms with van der Waals surface area (Å²) in [6.45, 7) is 7.99. The fourth-order valence-electron chi connectivity index (χ4n) is 1.69. The van der Waals surface area contributed by atoms with Gasteiger partial charge in [0.05, 0.1) is 0 Å². The van der Waals surface area contributed by atoms with Crippen LogP contribution in [0.3, 0.4) is 0 Å². The minimum atomic E-state index is 0.834. The number of hydrogen-bond donors (Lipinski definition) is 1. The largest absolute Gasteiger partial charge is 0.308 e. The second kappa shape index (κ2) is 5.80. The quantitative estimate of drug-likeness (QED) is 0.841. The molecule has 0 unspecified atom stereocenters. The van der Waals surface area contributed by atoms with E-state index in [9.17, 15) is 0 Å². The van der Waals surface area contributed by atoms with E-state index in [4.69, 9.17) is 0 Å². The van der Waals surface area contributed by atoms with Gasteiger partial charge in [-0.3, -0.25) is 0 Å². The number of aryl methyl sites for hydroxylation is 1. The predicted octanol–water partition coefficient (Wildman–Crippen LogP) is 3.86. The molecule has 0 fully saturated rings. The molecule has 0 aliphatic rings. The molecule has 0 spiro atoms. The van der Waals surface area contributed by atoms with Crippen LogP contribution in [-0.4, -0.2) is 6.54 Å². The Morgan fingerprint density at radius 2 is 1.94 bits per heavy atom. The lowest BCUT2D eigenvalue weighted by molar-refractivity contribution is 0.779. The van der Waals surface area contributed by atoms with Gasteiger partial charge in [0.2, 0.25) is 0 Å². The molecular weight excluding hydrogens is 226 g/mol. The van der Waals surface area contributed by atoms with Gasteiger partial charge < -0.3 is 5.32 Å². The average molecular weight is 243 g/mol. The van der Waals surface area contributed by atoms with Gasteiger partial charge in [-0.1, -0.05) is 36.9 Å². The second-order valence-corrected chi connectivity index (χ2v) is 5.46. The molecule has 1 heterocycles. The molecule has 0 aliphatic carbocycles. The predicted molar refractivity (Wildman–Crippen MR) is 76.2 cm³/mol. The SMILES string of the molecule is C=C(CNCc1ccc(C)s1)c1ccccc1. The molecule has 0 radical (unpaired) electrons. The Bertz CT molecular complexity index is 485. The zero-order valence-electron chi connectivity index (χ0n) is 10.1. The molecule has 0 atom stereocenters. The van der Waals surface area contributed by atoms with E-state index < -0.39 is 0 Å². The minimum Gasteiger partial charge on any atom is -0.308 e. The van der Waals surface area contributed by atoms with E-state index >= 15 is 0 Å². The van der Waals surface area contributed by atoms with Crippen LogP contribution in [0.1, 0.15) is 15.3 Å².